The van der Waals surface area contributed by atoms with Gasteiger partial charge in [-0.1, -0.05) is 103 Å². The van der Waals surface area contributed by atoms with Crippen LogP contribution in [0.15, 0.2) is 18.2 Å². The van der Waals surface area contributed by atoms with Gasteiger partial charge in [-0.05, 0) is 37.3 Å². The summed E-state index contributed by atoms with van der Waals surface area (Å²) in [5.74, 6) is 1.08. The molecule has 0 unspecified atom stereocenters. The Morgan fingerprint density at radius 2 is 1.30 bits per heavy atom. The maximum atomic E-state index is 11.0. The van der Waals surface area contributed by atoms with Gasteiger partial charge in [0.25, 0.3) is 0 Å². The fourth-order valence-electron chi connectivity index (χ4n) is 4.23. The molecule has 1 rings (SSSR count). The maximum absolute atomic E-state index is 11.0. The summed E-state index contributed by atoms with van der Waals surface area (Å²) in [4.78, 5) is 11.0. The zero-order valence-electron chi connectivity index (χ0n) is 21.5. The van der Waals surface area contributed by atoms with Crippen molar-refractivity contribution >= 4 is 5.97 Å². The van der Waals surface area contributed by atoms with E-state index in [0.29, 0.717) is 12.2 Å². The number of phenols is 1. The number of hydrogen-bond donors (Lipinski definition) is 1. The number of phenolic OH excluding ortho intramolecular Hbond substituents is 1. The zero-order chi connectivity index (χ0) is 24.0. The number of benzene rings is 1. The predicted octanol–water partition coefficient (Wildman–Crippen LogP) is 8.53. The second-order valence-corrected chi connectivity index (χ2v) is 9.37. The van der Waals surface area contributed by atoms with Gasteiger partial charge in [-0.15, -0.1) is 0 Å². The third-order valence-corrected chi connectivity index (χ3v) is 6.36. The van der Waals surface area contributed by atoms with E-state index in [-0.39, 0.29) is 5.97 Å². The number of aromatic hydroxyl groups is 1. The predicted molar refractivity (Wildman–Crippen MR) is 138 cm³/mol. The van der Waals surface area contributed by atoms with Crippen molar-refractivity contribution in [2.45, 2.75) is 129 Å². The quantitative estimate of drug-likeness (QED) is 0.138. The van der Waals surface area contributed by atoms with Gasteiger partial charge in [-0.25, -0.2) is 0 Å². The van der Waals surface area contributed by atoms with E-state index in [2.05, 4.69) is 11.7 Å². The van der Waals surface area contributed by atoms with Crippen LogP contribution in [0.5, 0.6) is 11.5 Å². The number of methoxy groups -OCH3 is 1. The molecule has 0 heterocycles. The van der Waals surface area contributed by atoms with Gasteiger partial charge in [-0.3, -0.25) is 4.79 Å². The van der Waals surface area contributed by atoms with Gasteiger partial charge in [0.2, 0.25) is 0 Å². The van der Waals surface area contributed by atoms with Crippen LogP contribution in [0.25, 0.3) is 0 Å². The Kier molecular flexibility index (Phi) is 18.5. The van der Waals surface area contributed by atoms with Crippen LogP contribution in [-0.2, 0) is 16.0 Å². The second kappa shape index (κ2) is 20.9. The summed E-state index contributed by atoms with van der Waals surface area (Å²) >= 11 is 0. The lowest BCUT2D eigenvalue weighted by Crippen LogP contribution is -2.00. The highest BCUT2D eigenvalue weighted by molar-refractivity contribution is 5.68. The van der Waals surface area contributed by atoms with Crippen LogP contribution in [0.2, 0.25) is 0 Å². The molecule has 190 valence electrons. The van der Waals surface area contributed by atoms with Crippen molar-refractivity contribution in [3.8, 4) is 11.5 Å². The molecule has 0 aliphatic rings. The minimum absolute atomic E-state index is 0.0821. The Hall–Kier alpha value is -1.71. The summed E-state index contributed by atoms with van der Waals surface area (Å²) < 4.78 is 10.7. The Labute approximate surface area is 203 Å². The molecule has 0 aliphatic carbocycles. The lowest BCUT2D eigenvalue weighted by atomic mass is 10.0. The minimum atomic E-state index is -0.0821. The summed E-state index contributed by atoms with van der Waals surface area (Å²) in [5.41, 5.74) is 1.23. The fourth-order valence-corrected chi connectivity index (χ4v) is 4.23. The number of esters is 1. The number of aryl methyl sites for hydroxylation is 1. The second-order valence-electron chi connectivity index (χ2n) is 9.37. The monoisotopic (exact) mass is 462 g/mol. The standard InChI is InChI=1S/C29H50O4/c1-3-4-5-17-20-26-22-23-27(30)25-28(26)33-24-19-16-14-12-10-8-6-7-9-11-13-15-18-21-29(31)32-2/h22-23,25,30H,3-21,24H2,1-2H3. The van der Waals surface area contributed by atoms with Gasteiger partial charge in [0.05, 0.1) is 13.7 Å². The van der Waals surface area contributed by atoms with E-state index in [9.17, 15) is 9.90 Å². The largest absolute Gasteiger partial charge is 0.508 e. The first kappa shape index (κ1) is 29.3. The number of ether oxygens (including phenoxy) is 2. The summed E-state index contributed by atoms with van der Waals surface area (Å²) in [5, 5.41) is 9.80. The zero-order valence-corrected chi connectivity index (χ0v) is 21.5. The molecule has 0 spiro atoms. The van der Waals surface area contributed by atoms with Gasteiger partial charge < -0.3 is 14.6 Å². The molecule has 4 heteroatoms. The van der Waals surface area contributed by atoms with Crippen molar-refractivity contribution in [3.63, 3.8) is 0 Å². The number of rotatable bonds is 22. The van der Waals surface area contributed by atoms with Gasteiger partial charge in [-0.2, -0.15) is 0 Å². The van der Waals surface area contributed by atoms with E-state index in [0.717, 1.165) is 38.0 Å². The molecule has 0 saturated carbocycles. The molecule has 0 saturated heterocycles. The Balaban J connectivity index is 1.94. The molecule has 4 nitrogen and oxygen atoms in total. The van der Waals surface area contributed by atoms with Gasteiger partial charge in [0.15, 0.2) is 0 Å². The van der Waals surface area contributed by atoms with E-state index < -0.39 is 0 Å². The SMILES string of the molecule is CCCCCCc1ccc(O)cc1OCCCCCCCCCCCCCCCC(=O)OC. The van der Waals surface area contributed by atoms with Crippen LogP contribution in [0.3, 0.4) is 0 Å². The van der Waals surface area contributed by atoms with Crippen LogP contribution >= 0.6 is 0 Å². The Morgan fingerprint density at radius 1 is 0.758 bits per heavy atom. The van der Waals surface area contributed by atoms with E-state index in [1.807, 2.05) is 6.07 Å². The van der Waals surface area contributed by atoms with Gasteiger partial charge in [0.1, 0.15) is 11.5 Å². The van der Waals surface area contributed by atoms with E-state index in [1.54, 1.807) is 12.1 Å². The van der Waals surface area contributed by atoms with Crippen LogP contribution in [0, 0.1) is 0 Å². The number of unbranched alkanes of at least 4 members (excludes halogenated alkanes) is 15. The molecular weight excluding hydrogens is 412 g/mol. The van der Waals surface area contributed by atoms with Crippen molar-refractivity contribution in [2.24, 2.45) is 0 Å². The van der Waals surface area contributed by atoms with E-state index >= 15 is 0 Å². The van der Waals surface area contributed by atoms with Crippen LogP contribution < -0.4 is 4.74 Å². The molecule has 0 radical (unpaired) electrons. The first-order chi connectivity index (χ1) is 16.2. The highest BCUT2D eigenvalue weighted by Crippen LogP contribution is 2.26. The Bertz CT molecular complexity index is 599. The van der Waals surface area contributed by atoms with E-state index in [4.69, 9.17) is 4.74 Å². The molecule has 0 fully saturated rings. The third-order valence-electron chi connectivity index (χ3n) is 6.36. The van der Waals surface area contributed by atoms with Crippen LogP contribution in [0.1, 0.15) is 128 Å². The number of carbonyl (C=O) groups is 1. The highest BCUT2D eigenvalue weighted by Gasteiger charge is 2.06. The molecule has 0 amide bonds. The highest BCUT2D eigenvalue weighted by atomic mass is 16.5. The van der Waals surface area contributed by atoms with Crippen molar-refractivity contribution in [3.05, 3.63) is 23.8 Å². The Morgan fingerprint density at radius 3 is 1.88 bits per heavy atom. The van der Waals surface area contributed by atoms with Crippen molar-refractivity contribution in [1.29, 1.82) is 0 Å². The molecule has 1 aromatic carbocycles. The average Bonchev–Trinajstić information content (AvgIpc) is 2.82. The van der Waals surface area contributed by atoms with Crippen LogP contribution in [0.4, 0.5) is 0 Å². The first-order valence-corrected chi connectivity index (χ1v) is 13.7. The topological polar surface area (TPSA) is 55.8 Å². The molecule has 0 bridgehead atoms. The molecule has 1 N–H and O–H groups in total. The lowest BCUT2D eigenvalue weighted by Gasteiger charge is -2.12. The summed E-state index contributed by atoms with van der Waals surface area (Å²) in [7, 11) is 1.46. The number of carbonyl (C=O) groups excluding carboxylic acids is 1. The molecular formula is C29H50O4. The van der Waals surface area contributed by atoms with Crippen molar-refractivity contribution in [2.75, 3.05) is 13.7 Å². The number of hydrogen-bond acceptors (Lipinski definition) is 4. The molecule has 0 aromatic heterocycles. The van der Waals surface area contributed by atoms with Crippen molar-refractivity contribution < 1.29 is 19.4 Å². The summed E-state index contributed by atoms with van der Waals surface area (Å²) in [6.45, 7) is 2.97. The van der Waals surface area contributed by atoms with E-state index in [1.165, 1.54) is 103 Å². The molecule has 33 heavy (non-hydrogen) atoms. The maximum Gasteiger partial charge on any atom is 0.305 e. The van der Waals surface area contributed by atoms with Gasteiger partial charge in [0, 0.05) is 12.5 Å². The lowest BCUT2D eigenvalue weighted by molar-refractivity contribution is -0.140. The summed E-state index contributed by atoms with van der Waals surface area (Å²) in [6, 6.07) is 5.56. The third kappa shape index (κ3) is 16.5. The average molecular weight is 463 g/mol. The minimum Gasteiger partial charge on any atom is -0.508 e. The fraction of sp³-hybridized carbons (Fsp3) is 0.759. The molecule has 0 atom stereocenters. The molecule has 1 aromatic rings. The van der Waals surface area contributed by atoms with Crippen LogP contribution in [-0.4, -0.2) is 24.8 Å². The summed E-state index contributed by atoms with van der Waals surface area (Å²) in [6.07, 6.45) is 22.8. The smallest absolute Gasteiger partial charge is 0.305 e. The molecule has 0 aliphatic heterocycles. The van der Waals surface area contributed by atoms with Gasteiger partial charge >= 0.3 is 5.97 Å². The first-order valence-electron chi connectivity index (χ1n) is 13.7. The van der Waals surface area contributed by atoms with Crippen molar-refractivity contribution in [1.82, 2.24) is 0 Å². The normalized spacial score (nSPS) is 11.0.